The lowest BCUT2D eigenvalue weighted by molar-refractivity contribution is -0.168. The number of ether oxygens (including phenoxy) is 2. The monoisotopic (exact) mass is 420 g/mol. The Morgan fingerprint density at radius 3 is 2.73 bits per heavy atom. The van der Waals surface area contributed by atoms with E-state index in [-0.39, 0.29) is 18.3 Å². The summed E-state index contributed by atoms with van der Waals surface area (Å²) in [5.41, 5.74) is 0.950. The van der Waals surface area contributed by atoms with Gasteiger partial charge in [0.1, 0.15) is 11.9 Å². The van der Waals surface area contributed by atoms with Crippen molar-refractivity contribution in [2.75, 3.05) is 0 Å². The van der Waals surface area contributed by atoms with Gasteiger partial charge >= 0.3 is 5.97 Å². The van der Waals surface area contributed by atoms with Crippen molar-refractivity contribution in [1.82, 2.24) is 0 Å². The van der Waals surface area contributed by atoms with Gasteiger partial charge in [-0.1, -0.05) is 30.4 Å². The standard InChI is InChI=1S/C23H32O7/c24-18(23-29-14-15-7-5-6-9-21(15)30-23)12-11-17-16(19(25)13-20(17)26)8-3-1-2-4-10-22(27)28/h1,3,5-7,9,16-20,23-26H,2,4,8,10-14H2,(H,27,28)/b3-1-/t16-,17-,18+,19+,20-,23?/m1/s1. The molecule has 3 rings (SSSR count). The summed E-state index contributed by atoms with van der Waals surface area (Å²) in [6.45, 7) is 0.387. The second-order valence-corrected chi connectivity index (χ2v) is 8.24. The number of para-hydroxylation sites is 1. The number of hydrogen-bond donors (Lipinski definition) is 4. The number of carboxylic acid groups (broad SMARTS) is 1. The number of carboxylic acids is 1. The van der Waals surface area contributed by atoms with Gasteiger partial charge in [0, 0.05) is 12.0 Å². The van der Waals surface area contributed by atoms with Crippen LogP contribution in [0.5, 0.6) is 5.75 Å². The van der Waals surface area contributed by atoms with Gasteiger partial charge in [0.05, 0.1) is 18.8 Å². The fraction of sp³-hybridized carbons (Fsp3) is 0.609. The van der Waals surface area contributed by atoms with E-state index >= 15 is 0 Å². The molecule has 30 heavy (non-hydrogen) atoms. The smallest absolute Gasteiger partial charge is 0.303 e. The normalized spacial score (nSPS) is 29.5. The predicted octanol–water partition coefficient (Wildman–Crippen LogP) is 2.62. The summed E-state index contributed by atoms with van der Waals surface area (Å²) in [5, 5.41) is 40.0. The van der Waals surface area contributed by atoms with Crippen LogP contribution in [0, 0.1) is 11.8 Å². The van der Waals surface area contributed by atoms with E-state index in [1.54, 1.807) is 0 Å². The number of fused-ring (bicyclic) bond motifs is 1. The topological polar surface area (TPSA) is 116 Å². The summed E-state index contributed by atoms with van der Waals surface area (Å²) in [6.07, 6.45) is 4.47. The Labute approximate surface area is 176 Å². The molecule has 0 aromatic heterocycles. The third-order valence-electron chi connectivity index (χ3n) is 6.09. The largest absolute Gasteiger partial charge is 0.481 e. The van der Waals surface area contributed by atoms with E-state index in [9.17, 15) is 20.1 Å². The van der Waals surface area contributed by atoms with Gasteiger partial charge in [0.2, 0.25) is 6.29 Å². The van der Waals surface area contributed by atoms with Crippen molar-refractivity contribution in [3.63, 3.8) is 0 Å². The third-order valence-corrected chi connectivity index (χ3v) is 6.09. The van der Waals surface area contributed by atoms with E-state index < -0.39 is 30.6 Å². The van der Waals surface area contributed by atoms with Gasteiger partial charge in [-0.25, -0.2) is 0 Å². The van der Waals surface area contributed by atoms with Crippen LogP contribution in [0.15, 0.2) is 36.4 Å². The number of carbonyl (C=O) groups is 1. The molecule has 1 aliphatic heterocycles. The van der Waals surface area contributed by atoms with Crippen molar-refractivity contribution < 1.29 is 34.7 Å². The van der Waals surface area contributed by atoms with Crippen LogP contribution in [-0.4, -0.2) is 51.0 Å². The van der Waals surface area contributed by atoms with Crippen molar-refractivity contribution in [2.24, 2.45) is 11.8 Å². The Hall–Kier alpha value is -1.93. The zero-order valence-corrected chi connectivity index (χ0v) is 17.1. The van der Waals surface area contributed by atoms with Crippen LogP contribution in [-0.2, 0) is 16.1 Å². The zero-order valence-electron chi connectivity index (χ0n) is 17.1. The maximum atomic E-state index is 10.6. The third kappa shape index (κ3) is 6.04. The molecular formula is C23H32O7. The van der Waals surface area contributed by atoms with E-state index in [2.05, 4.69) is 0 Å². The van der Waals surface area contributed by atoms with Crippen molar-refractivity contribution >= 4 is 5.97 Å². The molecule has 0 spiro atoms. The highest BCUT2D eigenvalue weighted by Crippen LogP contribution is 2.39. The summed E-state index contributed by atoms with van der Waals surface area (Å²) < 4.78 is 11.4. The first-order valence-corrected chi connectivity index (χ1v) is 10.7. The average molecular weight is 421 g/mol. The zero-order chi connectivity index (χ0) is 21.5. The molecule has 166 valence electrons. The minimum atomic E-state index is -0.824. The summed E-state index contributed by atoms with van der Waals surface area (Å²) in [4.78, 5) is 10.5. The molecule has 1 unspecified atom stereocenters. The summed E-state index contributed by atoms with van der Waals surface area (Å²) in [5.74, 6) is -0.285. The van der Waals surface area contributed by atoms with Crippen LogP contribution < -0.4 is 4.74 Å². The molecule has 0 bridgehead atoms. The SMILES string of the molecule is O=C(O)CCC/C=C\C[C@@H]1[C@@H](CC[C@H](O)C2OCc3ccccc3O2)[C@H](O)C[C@@H]1O. The van der Waals surface area contributed by atoms with E-state index in [1.807, 2.05) is 36.4 Å². The molecule has 2 aliphatic rings. The number of rotatable bonds is 10. The molecule has 6 atom stereocenters. The van der Waals surface area contributed by atoms with Crippen LogP contribution in [0.2, 0.25) is 0 Å². The first kappa shape index (κ1) is 22.7. The number of aliphatic hydroxyl groups excluding tert-OH is 3. The van der Waals surface area contributed by atoms with Crippen molar-refractivity contribution in [2.45, 2.75) is 76.2 Å². The molecule has 1 aromatic carbocycles. The lowest BCUT2D eigenvalue weighted by Gasteiger charge is -2.31. The first-order valence-electron chi connectivity index (χ1n) is 10.7. The quantitative estimate of drug-likeness (QED) is 0.340. The van der Waals surface area contributed by atoms with E-state index in [1.165, 1.54) is 0 Å². The van der Waals surface area contributed by atoms with Gasteiger partial charge in [0.15, 0.2) is 0 Å². The Kier molecular flexibility index (Phi) is 8.27. The fourth-order valence-electron chi connectivity index (χ4n) is 4.41. The lowest BCUT2D eigenvalue weighted by Crippen LogP contribution is -2.37. The molecule has 1 heterocycles. The number of aliphatic carboxylic acids is 1. The molecular weight excluding hydrogens is 388 g/mol. The fourth-order valence-corrected chi connectivity index (χ4v) is 4.41. The predicted molar refractivity (Wildman–Crippen MR) is 110 cm³/mol. The average Bonchev–Trinajstić information content (AvgIpc) is 3.00. The van der Waals surface area contributed by atoms with Gasteiger partial charge in [-0.15, -0.1) is 0 Å². The van der Waals surface area contributed by atoms with Crippen LogP contribution in [0.25, 0.3) is 0 Å². The highest BCUT2D eigenvalue weighted by Gasteiger charge is 2.41. The van der Waals surface area contributed by atoms with E-state index in [0.29, 0.717) is 45.1 Å². The number of unbranched alkanes of at least 4 members (excludes halogenated alkanes) is 1. The van der Waals surface area contributed by atoms with Gasteiger partial charge < -0.3 is 29.9 Å². The molecule has 0 saturated heterocycles. The molecule has 1 saturated carbocycles. The van der Waals surface area contributed by atoms with E-state index in [0.717, 1.165) is 11.3 Å². The van der Waals surface area contributed by atoms with Crippen molar-refractivity contribution in [3.8, 4) is 5.75 Å². The van der Waals surface area contributed by atoms with Crippen LogP contribution in [0.4, 0.5) is 0 Å². The molecule has 0 radical (unpaired) electrons. The molecule has 0 amide bonds. The van der Waals surface area contributed by atoms with Gasteiger partial charge in [0.25, 0.3) is 0 Å². The summed E-state index contributed by atoms with van der Waals surface area (Å²) >= 11 is 0. The van der Waals surface area contributed by atoms with E-state index in [4.69, 9.17) is 14.6 Å². The molecule has 7 heteroatoms. The lowest BCUT2D eigenvalue weighted by atomic mass is 9.86. The highest BCUT2D eigenvalue weighted by atomic mass is 16.7. The Morgan fingerprint density at radius 2 is 1.93 bits per heavy atom. The second-order valence-electron chi connectivity index (χ2n) is 8.24. The first-order chi connectivity index (χ1) is 14.5. The van der Waals surface area contributed by atoms with Crippen LogP contribution >= 0.6 is 0 Å². The van der Waals surface area contributed by atoms with Crippen LogP contribution in [0.3, 0.4) is 0 Å². The molecule has 7 nitrogen and oxygen atoms in total. The highest BCUT2D eigenvalue weighted by molar-refractivity contribution is 5.66. The van der Waals surface area contributed by atoms with Gasteiger partial charge in [-0.3, -0.25) is 4.79 Å². The summed E-state index contributed by atoms with van der Waals surface area (Å²) in [6, 6.07) is 7.57. The minimum absolute atomic E-state index is 0.0863. The maximum Gasteiger partial charge on any atom is 0.303 e. The van der Waals surface area contributed by atoms with Gasteiger partial charge in [-0.05, 0) is 56.4 Å². The number of allylic oxidation sites excluding steroid dienone is 2. The Balaban J connectivity index is 1.47. The second kappa shape index (κ2) is 10.9. The number of benzene rings is 1. The minimum Gasteiger partial charge on any atom is -0.481 e. The molecule has 4 N–H and O–H groups in total. The van der Waals surface area contributed by atoms with Gasteiger partial charge in [-0.2, -0.15) is 0 Å². The van der Waals surface area contributed by atoms with Crippen molar-refractivity contribution in [3.05, 3.63) is 42.0 Å². The number of aliphatic hydroxyl groups is 3. The Bertz CT molecular complexity index is 719. The Morgan fingerprint density at radius 1 is 1.17 bits per heavy atom. The molecule has 1 aliphatic carbocycles. The van der Waals surface area contributed by atoms with Crippen LogP contribution in [0.1, 0.15) is 50.5 Å². The molecule has 1 aromatic rings. The maximum absolute atomic E-state index is 10.6. The number of hydrogen-bond acceptors (Lipinski definition) is 6. The molecule has 1 fully saturated rings. The summed E-state index contributed by atoms with van der Waals surface area (Å²) in [7, 11) is 0. The van der Waals surface area contributed by atoms with Crippen molar-refractivity contribution in [1.29, 1.82) is 0 Å².